The van der Waals surface area contributed by atoms with Gasteiger partial charge in [0, 0.05) is 39.1 Å². The molecule has 1 fully saturated rings. The molecule has 1 saturated heterocycles. The van der Waals surface area contributed by atoms with Gasteiger partial charge in [-0.05, 0) is 45.8 Å². The molecule has 0 saturated carbocycles. The third-order valence-corrected chi connectivity index (χ3v) is 5.50. The number of carbonyl (C=O) groups is 1. The highest BCUT2D eigenvalue weighted by Crippen LogP contribution is 2.25. The minimum absolute atomic E-state index is 0.167. The van der Waals surface area contributed by atoms with Crippen LogP contribution in [-0.2, 0) is 16.1 Å². The lowest BCUT2D eigenvalue weighted by molar-refractivity contribution is -0.143. The molecule has 0 radical (unpaired) electrons. The number of esters is 1. The minimum Gasteiger partial charge on any atom is -0.466 e. The van der Waals surface area contributed by atoms with Gasteiger partial charge in [-0.2, -0.15) is 4.98 Å². The maximum Gasteiger partial charge on any atom is 0.305 e. The Kier molecular flexibility index (Phi) is 8.35. The molecule has 0 atom stereocenters. The summed E-state index contributed by atoms with van der Waals surface area (Å²) in [5.41, 5.74) is 1.50. The van der Waals surface area contributed by atoms with E-state index < -0.39 is 0 Å². The highest BCUT2D eigenvalue weighted by Gasteiger charge is 2.21. The Balaban J connectivity index is 1.44. The molecule has 1 aliphatic heterocycles. The summed E-state index contributed by atoms with van der Waals surface area (Å²) in [4.78, 5) is 20.4. The highest BCUT2D eigenvalue weighted by molar-refractivity contribution is 7.80. The van der Waals surface area contributed by atoms with Crippen molar-refractivity contribution in [3.63, 3.8) is 0 Å². The van der Waals surface area contributed by atoms with Crippen LogP contribution in [0.3, 0.4) is 0 Å². The summed E-state index contributed by atoms with van der Waals surface area (Å²) < 4.78 is 15.5. The number of nitrogens with zero attached hydrogens (tertiary/aromatic N) is 5. The number of nitrogens with one attached hydrogen (secondary N) is 1. The van der Waals surface area contributed by atoms with E-state index in [1.165, 1.54) is 0 Å². The smallest absolute Gasteiger partial charge is 0.305 e. The van der Waals surface area contributed by atoms with E-state index in [1.54, 1.807) is 0 Å². The average molecular weight is 451 g/mol. The second-order valence-electron chi connectivity index (χ2n) is 7.47. The molecule has 1 N–H and O–H groups in total. The second kappa shape index (κ2) is 11.2. The van der Waals surface area contributed by atoms with E-state index in [9.17, 15) is 4.79 Å². The van der Waals surface area contributed by atoms with Crippen LogP contribution in [0, 0.1) is 13.8 Å². The van der Waals surface area contributed by atoms with E-state index in [4.69, 9.17) is 26.0 Å². The molecule has 1 aliphatic rings. The molecule has 3 heterocycles. The van der Waals surface area contributed by atoms with Crippen molar-refractivity contribution in [2.75, 3.05) is 39.3 Å². The number of aromatic nitrogens is 3. The van der Waals surface area contributed by atoms with Gasteiger partial charge in [-0.25, -0.2) is 0 Å². The van der Waals surface area contributed by atoms with Gasteiger partial charge < -0.3 is 24.0 Å². The quantitative estimate of drug-likeness (QED) is 0.362. The summed E-state index contributed by atoms with van der Waals surface area (Å²) in [6, 6.07) is 0. The third-order valence-electron chi connectivity index (χ3n) is 5.10. The number of hydrogen-bond donors (Lipinski definition) is 1. The normalized spacial score (nSPS) is 15.0. The van der Waals surface area contributed by atoms with Crippen molar-refractivity contribution in [1.82, 2.24) is 30.4 Å². The van der Waals surface area contributed by atoms with E-state index in [-0.39, 0.29) is 5.97 Å². The van der Waals surface area contributed by atoms with Crippen molar-refractivity contribution in [2.45, 2.75) is 46.6 Å². The van der Waals surface area contributed by atoms with Crippen molar-refractivity contribution < 1.29 is 18.6 Å². The van der Waals surface area contributed by atoms with Crippen molar-refractivity contribution >= 4 is 23.3 Å². The molecule has 2 aromatic rings. The van der Waals surface area contributed by atoms with Crippen molar-refractivity contribution in [3.05, 3.63) is 17.3 Å². The first kappa shape index (κ1) is 23.1. The average Bonchev–Trinajstić information content (AvgIpc) is 3.23. The lowest BCUT2D eigenvalue weighted by atomic mass is 10.2. The van der Waals surface area contributed by atoms with Crippen LogP contribution >= 0.6 is 12.2 Å². The molecule has 11 heteroatoms. The third kappa shape index (κ3) is 6.47. The summed E-state index contributed by atoms with van der Waals surface area (Å²) in [5.74, 6) is 1.58. The van der Waals surface area contributed by atoms with Crippen LogP contribution in [0.15, 0.2) is 9.05 Å². The fourth-order valence-corrected chi connectivity index (χ4v) is 3.80. The number of ether oxygens (including phenoxy) is 1. The second-order valence-corrected chi connectivity index (χ2v) is 7.86. The van der Waals surface area contributed by atoms with E-state index in [1.807, 2.05) is 20.8 Å². The van der Waals surface area contributed by atoms with E-state index in [2.05, 4.69) is 30.4 Å². The maximum atomic E-state index is 11.4. The fraction of sp³-hybridized carbons (Fsp3) is 0.650. The number of rotatable bonds is 8. The fourth-order valence-electron chi connectivity index (χ4n) is 3.51. The van der Waals surface area contributed by atoms with Crippen LogP contribution in [0.5, 0.6) is 0 Å². The van der Waals surface area contributed by atoms with Gasteiger partial charge in [0.05, 0.1) is 18.8 Å². The molecule has 0 aliphatic carbocycles. The van der Waals surface area contributed by atoms with Gasteiger partial charge in [0.2, 0.25) is 0 Å². The number of thiocarbonyl (C=S) groups is 1. The topological polar surface area (TPSA) is 110 Å². The zero-order chi connectivity index (χ0) is 22.2. The highest BCUT2D eigenvalue weighted by atomic mass is 32.1. The van der Waals surface area contributed by atoms with Crippen LogP contribution in [0.2, 0.25) is 0 Å². The zero-order valence-corrected chi connectivity index (χ0v) is 19.2. The van der Waals surface area contributed by atoms with Crippen molar-refractivity contribution in [2.24, 2.45) is 0 Å². The van der Waals surface area contributed by atoms with Crippen molar-refractivity contribution in [1.29, 1.82) is 0 Å². The predicted molar refractivity (Wildman–Crippen MR) is 117 cm³/mol. The van der Waals surface area contributed by atoms with Crippen LogP contribution in [0.25, 0.3) is 11.5 Å². The van der Waals surface area contributed by atoms with Gasteiger partial charge in [0.15, 0.2) is 10.9 Å². The standard InChI is InChI=1S/C20H30N6O4S/c1-4-28-17(27)7-5-8-21-20(31)26-10-6-9-25(11-12-26)13-16-22-19(30-24-16)18-14(2)23-29-15(18)3/h4-13H2,1-3H3,(H,21,31). The number of carbonyl (C=O) groups excluding carboxylic acids is 1. The molecule has 3 rings (SSSR count). The van der Waals surface area contributed by atoms with Gasteiger partial charge in [-0.1, -0.05) is 10.3 Å². The molecule has 2 aromatic heterocycles. The van der Waals surface area contributed by atoms with Gasteiger partial charge in [-0.3, -0.25) is 9.69 Å². The van der Waals surface area contributed by atoms with Crippen LogP contribution in [0.1, 0.15) is 43.5 Å². The minimum atomic E-state index is -0.167. The molecule has 0 spiro atoms. The summed E-state index contributed by atoms with van der Waals surface area (Å²) >= 11 is 5.53. The van der Waals surface area contributed by atoms with Gasteiger partial charge >= 0.3 is 5.97 Å². The Labute approximate surface area is 187 Å². The van der Waals surface area contributed by atoms with E-state index in [0.29, 0.717) is 50.0 Å². The molecule has 0 unspecified atom stereocenters. The molecular formula is C20H30N6O4S. The van der Waals surface area contributed by atoms with Crippen LogP contribution in [-0.4, -0.2) is 75.5 Å². The van der Waals surface area contributed by atoms with Crippen LogP contribution < -0.4 is 5.32 Å². The number of aryl methyl sites for hydroxylation is 2. The largest absolute Gasteiger partial charge is 0.466 e. The monoisotopic (exact) mass is 450 g/mol. The summed E-state index contributed by atoms with van der Waals surface area (Å²) in [7, 11) is 0. The molecule has 0 aromatic carbocycles. The van der Waals surface area contributed by atoms with Crippen LogP contribution in [0.4, 0.5) is 0 Å². The Bertz CT molecular complexity index is 863. The summed E-state index contributed by atoms with van der Waals surface area (Å²) in [6.07, 6.45) is 2.08. The summed E-state index contributed by atoms with van der Waals surface area (Å²) in [5, 5.41) is 12.0. The van der Waals surface area contributed by atoms with E-state index >= 15 is 0 Å². The predicted octanol–water partition coefficient (Wildman–Crippen LogP) is 2.07. The van der Waals surface area contributed by atoms with Crippen molar-refractivity contribution in [3.8, 4) is 11.5 Å². The van der Waals surface area contributed by atoms with E-state index in [0.717, 1.165) is 49.0 Å². The Hall–Kier alpha value is -2.53. The Morgan fingerprint density at radius 3 is 2.77 bits per heavy atom. The molecule has 0 amide bonds. The lowest BCUT2D eigenvalue weighted by Gasteiger charge is -2.24. The van der Waals surface area contributed by atoms with Gasteiger partial charge in [0.1, 0.15) is 11.3 Å². The SMILES string of the molecule is CCOC(=O)CCCNC(=S)N1CCCN(Cc2noc(-c3c(C)noc3C)n2)CC1. The molecule has 170 valence electrons. The Morgan fingerprint density at radius 1 is 1.19 bits per heavy atom. The first-order valence-corrected chi connectivity index (χ1v) is 11.0. The summed E-state index contributed by atoms with van der Waals surface area (Å²) in [6.45, 7) is 10.7. The lowest BCUT2D eigenvalue weighted by Crippen LogP contribution is -2.42. The molecule has 10 nitrogen and oxygen atoms in total. The molecular weight excluding hydrogens is 420 g/mol. The zero-order valence-electron chi connectivity index (χ0n) is 18.3. The number of hydrogen-bond acceptors (Lipinski definition) is 9. The van der Waals surface area contributed by atoms with Gasteiger partial charge in [-0.15, -0.1) is 0 Å². The first-order chi connectivity index (χ1) is 15.0. The molecule has 31 heavy (non-hydrogen) atoms. The first-order valence-electron chi connectivity index (χ1n) is 10.6. The molecule has 0 bridgehead atoms. The maximum absolute atomic E-state index is 11.4. The Morgan fingerprint density at radius 2 is 2.03 bits per heavy atom. The van der Waals surface area contributed by atoms with Gasteiger partial charge in [0.25, 0.3) is 5.89 Å².